The maximum absolute atomic E-state index is 13.0. The van der Waals surface area contributed by atoms with Crippen molar-refractivity contribution in [2.45, 2.75) is 117 Å². The van der Waals surface area contributed by atoms with Gasteiger partial charge in [0, 0.05) is 0 Å². The van der Waals surface area contributed by atoms with Crippen LogP contribution in [0.2, 0.25) is 0 Å². The van der Waals surface area contributed by atoms with E-state index in [2.05, 4.69) is 13.8 Å². The summed E-state index contributed by atoms with van der Waals surface area (Å²) in [4.78, 5) is 49.5. The second-order valence-corrected chi connectivity index (χ2v) is 12.0. The molecule has 0 unspecified atom stereocenters. The third-order valence-electron chi connectivity index (χ3n) is 7.93. The van der Waals surface area contributed by atoms with Gasteiger partial charge in [-0.1, -0.05) is 128 Å². The second kappa shape index (κ2) is 24.3. The van der Waals surface area contributed by atoms with Crippen LogP contribution in [0.25, 0.3) is 6.08 Å². The van der Waals surface area contributed by atoms with Crippen molar-refractivity contribution in [2.24, 2.45) is 5.92 Å². The summed E-state index contributed by atoms with van der Waals surface area (Å²) in [7, 11) is 0. The van der Waals surface area contributed by atoms with Crippen molar-refractivity contribution >= 4 is 30.0 Å². The van der Waals surface area contributed by atoms with E-state index in [9.17, 15) is 19.2 Å². The van der Waals surface area contributed by atoms with Crippen molar-refractivity contribution in [3.63, 3.8) is 0 Å². The number of rotatable bonds is 25. The number of ether oxygens (including phenoxy) is 3. The summed E-state index contributed by atoms with van der Waals surface area (Å²) in [5, 5.41) is 9.02. The van der Waals surface area contributed by atoms with Crippen LogP contribution in [0.15, 0.2) is 54.6 Å². The van der Waals surface area contributed by atoms with Gasteiger partial charge >= 0.3 is 23.9 Å². The Morgan fingerprint density at radius 3 is 1.47 bits per heavy atom. The fraction of sp³-hybridized carbons (Fsp3) is 0.538. The van der Waals surface area contributed by atoms with Gasteiger partial charge in [0.25, 0.3) is 0 Å². The fourth-order valence-electron chi connectivity index (χ4n) is 5.02. The maximum Gasteiger partial charge on any atom is 0.343 e. The highest BCUT2D eigenvalue weighted by molar-refractivity contribution is 5.98. The number of aromatic carboxylic acids is 1. The normalized spacial score (nSPS) is 11.1. The summed E-state index contributed by atoms with van der Waals surface area (Å²) >= 11 is 0. The minimum Gasteiger partial charge on any atom is -0.478 e. The zero-order chi connectivity index (χ0) is 34.1. The smallest absolute Gasteiger partial charge is 0.343 e. The number of hydrogen-bond donors (Lipinski definition) is 1. The van der Waals surface area contributed by atoms with Crippen LogP contribution in [0.4, 0.5) is 0 Å². The van der Waals surface area contributed by atoms with Gasteiger partial charge in [0.1, 0.15) is 5.75 Å². The van der Waals surface area contributed by atoms with Gasteiger partial charge in [-0.3, -0.25) is 9.59 Å². The molecule has 0 saturated heterocycles. The molecule has 2 aromatic rings. The Balaban J connectivity index is 1.92. The molecule has 0 heterocycles. The van der Waals surface area contributed by atoms with E-state index in [-0.39, 0.29) is 30.1 Å². The molecule has 47 heavy (non-hydrogen) atoms. The molecule has 0 fully saturated rings. The van der Waals surface area contributed by atoms with Gasteiger partial charge < -0.3 is 19.3 Å². The number of hydrogen-bond acceptors (Lipinski definition) is 7. The summed E-state index contributed by atoms with van der Waals surface area (Å²) in [6, 6.07) is 12.0. The molecule has 0 atom stereocenters. The van der Waals surface area contributed by atoms with Crippen LogP contribution in [-0.4, -0.2) is 42.2 Å². The third-order valence-corrected chi connectivity index (χ3v) is 7.93. The molecule has 0 aliphatic heterocycles. The summed E-state index contributed by atoms with van der Waals surface area (Å²) < 4.78 is 16.3. The van der Waals surface area contributed by atoms with Crippen LogP contribution >= 0.6 is 0 Å². The molecule has 0 spiro atoms. The Morgan fingerprint density at radius 2 is 1.02 bits per heavy atom. The molecule has 0 bridgehead atoms. The first-order chi connectivity index (χ1) is 22.8. The van der Waals surface area contributed by atoms with E-state index in [1.54, 1.807) is 30.3 Å². The van der Waals surface area contributed by atoms with E-state index in [4.69, 9.17) is 19.3 Å². The largest absolute Gasteiger partial charge is 0.478 e. The predicted molar refractivity (Wildman–Crippen MR) is 184 cm³/mol. The lowest BCUT2D eigenvalue weighted by Crippen LogP contribution is -2.27. The fourth-order valence-corrected chi connectivity index (χ4v) is 5.02. The average Bonchev–Trinajstić information content (AvgIpc) is 3.07. The van der Waals surface area contributed by atoms with Crippen molar-refractivity contribution in [1.82, 2.24) is 0 Å². The van der Waals surface area contributed by atoms with Crippen molar-refractivity contribution in [3.05, 3.63) is 71.3 Å². The molecule has 8 nitrogen and oxygen atoms in total. The molecule has 0 aromatic heterocycles. The molecule has 2 rings (SSSR count). The number of carboxylic acid groups (broad SMARTS) is 1. The quantitative estimate of drug-likeness (QED) is 0.0489. The van der Waals surface area contributed by atoms with E-state index in [0.29, 0.717) is 5.56 Å². The highest BCUT2D eigenvalue weighted by Gasteiger charge is 2.27. The number of carbonyl (C=O) groups excluding carboxylic acids is 3. The minimum atomic E-state index is -1.18. The third kappa shape index (κ3) is 17.0. The molecule has 1 N–H and O–H groups in total. The minimum absolute atomic E-state index is 0.0911. The Hall–Kier alpha value is -3.94. The van der Waals surface area contributed by atoms with Gasteiger partial charge in [-0.05, 0) is 54.8 Å². The van der Waals surface area contributed by atoms with Gasteiger partial charge in [0.15, 0.2) is 5.92 Å². The predicted octanol–water partition coefficient (Wildman–Crippen LogP) is 9.60. The molecule has 2 aromatic carbocycles. The molecule has 0 aliphatic carbocycles. The standard InChI is InChI=1S/C39H54O8/c1-3-5-7-9-11-13-15-17-29-45-38(43)35(39(44)46-30-18-16-14-12-10-8-6-4-2)28-21-31-19-22-33(23-20-31)37(42)47-34-26-24-32(25-27-34)36(40)41/h19-28,35H,3-18,29-30H2,1-2H3,(H,40,41)/b28-21+. The van der Waals surface area contributed by atoms with Crippen LogP contribution in [-0.2, 0) is 19.1 Å². The molecule has 0 aliphatic rings. The average molecular weight is 651 g/mol. The maximum atomic E-state index is 13.0. The second-order valence-electron chi connectivity index (χ2n) is 12.0. The highest BCUT2D eigenvalue weighted by atomic mass is 16.6. The molecular formula is C39H54O8. The van der Waals surface area contributed by atoms with Crippen molar-refractivity contribution < 1.29 is 38.5 Å². The van der Waals surface area contributed by atoms with Crippen molar-refractivity contribution in [2.75, 3.05) is 13.2 Å². The zero-order valence-electron chi connectivity index (χ0n) is 28.4. The Bertz CT molecular complexity index is 1180. The van der Waals surface area contributed by atoms with Crippen LogP contribution in [0.3, 0.4) is 0 Å². The summed E-state index contributed by atoms with van der Waals surface area (Å²) in [6.45, 7) is 4.93. The van der Waals surface area contributed by atoms with Crippen LogP contribution < -0.4 is 4.74 Å². The van der Waals surface area contributed by atoms with Gasteiger partial charge in [-0.25, -0.2) is 9.59 Å². The lowest BCUT2D eigenvalue weighted by atomic mass is 10.1. The number of unbranched alkanes of at least 4 members (excludes halogenated alkanes) is 14. The highest BCUT2D eigenvalue weighted by Crippen LogP contribution is 2.17. The molecule has 0 saturated carbocycles. The van der Waals surface area contributed by atoms with Gasteiger partial charge in [-0.2, -0.15) is 0 Å². The van der Waals surface area contributed by atoms with Crippen molar-refractivity contribution in [3.8, 4) is 5.75 Å². The summed E-state index contributed by atoms with van der Waals surface area (Å²) in [6.07, 6.45) is 21.1. The van der Waals surface area contributed by atoms with Crippen LogP contribution in [0.5, 0.6) is 5.75 Å². The summed E-state index contributed by atoms with van der Waals surface area (Å²) in [5.74, 6) is -3.88. The first-order valence-corrected chi connectivity index (χ1v) is 17.5. The first-order valence-electron chi connectivity index (χ1n) is 17.5. The molecule has 258 valence electrons. The van der Waals surface area contributed by atoms with E-state index in [1.165, 1.54) is 94.5 Å². The molecule has 0 radical (unpaired) electrons. The number of esters is 3. The number of benzene rings is 2. The molecule has 8 heteroatoms. The Morgan fingerprint density at radius 1 is 0.596 bits per heavy atom. The van der Waals surface area contributed by atoms with E-state index in [0.717, 1.165) is 38.5 Å². The number of carboxylic acids is 1. The van der Waals surface area contributed by atoms with Crippen LogP contribution in [0.1, 0.15) is 143 Å². The Labute approximate surface area is 280 Å². The molecule has 0 amide bonds. The van der Waals surface area contributed by atoms with Crippen LogP contribution in [0, 0.1) is 5.92 Å². The lowest BCUT2D eigenvalue weighted by molar-refractivity contribution is -0.159. The summed E-state index contributed by atoms with van der Waals surface area (Å²) in [5.41, 5.74) is 1.05. The molecular weight excluding hydrogens is 596 g/mol. The number of carbonyl (C=O) groups is 4. The zero-order valence-corrected chi connectivity index (χ0v) is 28.4. The van der Waals surface area contributed by atoms with E-state index in [1.807, 2.05) is 0 Å². The van der Waals surface area contributed by atoms with E-state index < -0.39 is 29.8 Å². The first kappa shape index (κ1) is 39.2. The Kier molecular flexibility index (Phi) is 20.3. The van der Waals surface area contributed by atoms with E-state index >= 15 is 0 Å². The van der Waals surface area contributed by atoms with Crippen molar-refractivity contribution in [1.29, 1.82) is 0 Å². The monoisotopic (exact) mass is 650 g/mol. The lowest BCUT2D eigenvalue weighted by Gasteiger charge is -2.13. The van der Waals surface area contributed by atoms with Gasteiger partial charge in [-0.15, -0.1) is 0 Å². The van der Waals surface area contributed by atoms with Gasteiger partial charge in [0.05, 0.1) is 24.3 Å². The SMILES string of the molecule is CCCCCCCCCCOC(=O)C(/C=C/c1ccc(C(=O)Oc2ccc(C(=O)O)cc2)cc1)C(=O)OCCCCCCCCCC. The topological polar surface area (TPSA) is 116 Å². The van der Waals surface area contributed by atoms with Gasteiger partial charge in [0.2, 0.25) is 0 Å².